The number of allylic oxidation sites excluding steroid dienone is 6. The molecule has 0 aromatic carbocycles. The van der Waals surface area contributed by atoms with Crippen LogP contribution in [-0.2, 0) is 28.6 Å². The van der Waals surface area contributed by atoms with Gasteiger partial charge < -0.3 is 14.2 Å². The van der Waals surface area contributed by atoms with Gasteiger partial charge in [0.1, 0.15) is 13.2 Å². The van der Waals surface area contributed by atoms with E-state index in [0.29, 0.717) is 19.3 Å². The summed E-state index contributed by atoms with van der Waals surface area (Å²) in [5, 5.41) is 0. The molecule has 0 bridgehead atoms. The zero-order valence-electron chi connectivity index (χ0n) is 38.6. The Kier molecular flexibility index (Phi) is 45.4. The molecule has 6 nitrogen and oxygen atoms in total. The first-order valence-electron chi connectivity index (χ1n) is 25.0. The Bertz CT molecular complexity index is 984. The first kappa shape index (κ1) is 55.6. The summed E-state index contributed by atoms with van der Waals surface area (Å²) >= 11 is 0. The van der Waals surface area contributed by atoms with Crippen LogP contribution in [0.25, 0.3) is 0 Å². The highest BCUT2D eigenvalue weighted by molar-refractivity contribution is 5.71. The van der Waals surface area contributed by atoms with Crippen LogP contribution in [0.1, 0.15) is 258 Å². The van der Waals surface area contributed by atoms with E-state index < -0.39 is 6.10 Å². The van der Waals surface area contributed by atoms with Crippen molar-refractivity contribution in [1.29, 1.82) is 0 Å². The first-order chi connectivity index (χ1) is 28.5. The Morgan fingerprint density at radius 3 is 0.931 bits per heavy atom. The fourth-order valence-electron chi connectivity index (χ4n) is 7.00. The molecule has 0 saturated carbocycles. The van der Waals surface area contributed by atoms with Crippen molar-refractivity contribution in [2.75, 3.05) is 13.2 Å². The Hall–Kier alpha value is -2.37. The molecule has 0 amide bonds. The molecule has 0 aliphatic carbocycles. The van der Waals surface area contributed by atoms with Crippen molar-refractivity contribution in [3.63, 3.8) is 0 Å². The quantitative estimate of drug-likeness (QED) is 0.0264. The summed E-state index contributed by atoms with van der Waals surface area (Å²) in [5.41, 5.74) is 0. The normalized spacial score (nSPS) is 12.3. The number of ether oxygens (including phenoxy) is 3. The van der Waals surface area contributed by atoms with Crippen LogP contribution < -0.4 is 0 Å². The second-order valence-corrected chi connectivity index (χ2v) is 16.7. The Morgan fingerprint density at radius 1 is 0.328 bits per heavy atom. The predicted molar refractivity (Wildman–Crippen MR) is 247 cm³/mol. The van der Waals surface area contributed by atoms with E-state index in [1.807, 2.05) is 0 Å². The zero-order chi connectivity index (χ0) is 42.3. The van der Waals surface area contributed by atoms with Crippen LogP contribution in [0.4, 0.5) is 0 Å². The summed E-state index contributed by atoms with van der Waals surface area (Å²) in [7, 11) is 0. The van der Waals surface area contributed by atoms with Gasteiger partial charge >= 0.3 is 17.9 Å². The molecule has 0 aliphatic heterocycles. The predicted octanol–water partition coefficient (Wildman–Crippen LogP) is 16.1. The molecule has 0 N–H and O–H groups in total. The van der Waals surface area contributed by atoms with E-state index in [4.69, 9.17) is 14.2 Å². The zero-order valence-corrected chi connectivity index (χ0v) is 38.6. The van der Waals surface area contributed by atoms with E-state index in [-0.39, 0.29) is 31.1 Å². The van der Waals surface area contributed by atoms with Gasteiger partial charge in [-0.3, -0.25) is 14.4 Å². The van der Waals surface area contributed by atoms with Crippen molar-refractivity contribution in [1.82, 2.24) is 0 Å². The summed E-state index contributed by atoms with van der Waals surface area (Å²) in [6, 6.07) is 0. The van der Waals surface area contributed by atoms with Gasteiger partial charge in [0, 0.05) is 19.3 Å². The molecular weight excluding hydrogens is 721 g/mol. The van der Waals surface area contributed by atoms with Crippen molar-refractivity contribution in [2.45, 2.75) is 264 Å². The van der Waals surface area contributed by atoms with Gasteiger partial charge in [-0.15, -0.1) is 0 Å². The maximum absolute atomic E-state index is 12.7. The molecule has 0 fully saturated rings. The SMILES string of the molecule is CCCC/C=C\CCCCCCC(=O)OCC(COC(=O)CCCCCCC/C=C\CCCCCCCCC)OC(=O)CCCCC/C=C\CCCCCCCCC. The van der Waals surface area contributed by atoms with Crippen molar-refractivity contribution >= 4 is 17.9 Å². The molecule has 0 heterocycles. The van der Waals surface area contributed by atoms with E-state index >= 15 is 0 Å². The van der Waals surface area contributed by atoms with Crippen molar-refractivity contribution in [3.05, 3.63) is 36.5 Å². The maximum atomic E-state index is 12.7. The topological polar surface area (TPSA) is 78.9 Å². The fourth-order valence-corrected chi connectivity index (χ4v) is 7.00. The standard InChI is InChI=1S/C52H94O6/c1-4-7-10-13-16-19-22-24-26-27-29-30-33-36-39-42-45-51(54)57-48-49(47-56-50(53)44-41-38-35-32-21-18-15-12-9-6-3)58-52(55)46-43-40-37-34-31-28-25-23-20-17-14-11-8-5-2/h15,18,26-28,31,49H,4-14,16-17,19-25,29-30,32-48H2,1-3H3/b18-15-,27-26-,31-28-. The van der Waals surface area contributed by atoms with E-state index in [1.165, 1.54) is 122 Å². The van der Waals surface area contributed by atoms with Crippen LogP contribution in [0.2, 0.25) is 0 Å². The summed E-state index contributed by atoms with van der Waals surface area (Å²) < 4.78 is 16.7. The minimum absolute atomic E-state index is 0.0850. The van der Waals surface area contributed by atoms with Crippen molar-refractivity contribution in [3.8, 4) is 0 Å². The third kappa shape index (κ3) is 44.7. The van der Waals surface area contributed by atoms with Gasteiger partial charge in [-0.2, -0.15) is 0 Å². The average Bonchev–Trinajstić information content (AvgIpc) is 3.22. The lowest BCUT2D eigenvalue weighted by molar-refractivity contribution is -0.167. The van der Waals surface area contributed by atoms with Crippen molar-refractivity contribution in [2.24, 2.45) is 0 Å². The Morgan fingerprint density at radius 2 is 0.586 bits per heavy atom. The van der Waals surface area contributed by atoms with Crippen LogP contribution in [0.5, 0.6) is 0 Å². The Labute approximate surface area is 359 Å². The van der Waals surface area contributed by atoms with Crippen molar-refractivity contribution < 1.29 is 28.6 Å². The molecule has 1 atom stereocenters. The third-order valence-corrected chi connectivity index (χ3v) is 10.8. The van der Waals surface area contributed by atoms with Gasteiger partial charge in [-0.05, 0) is 89.9 Å². The van der Waals surface area contributed by atoms with Gasteiger partial charge in [-0.25, -0.2) is 0 Å². The molecule has 0 rings (SSSR count). The summed E-state index contributed by atoms with van der Waals surface area (Å²) in [6.07, 6.45) is 54.1. The van der Waals surface area contributed by atoms with Crippen LogP contribution in [0.3, 0.4) is 0 Å². The molecule has 0 aliphatic rings. The maximum Gasteiger partial charge on any atom is 0.306 e. The molecular formula is C52H94O6. The number of hydrogen-bond acceptors (Lipinski definition) is 6. The smallest absolute Gasteiger partial charge is 0.306 e. The molecule has 0 aromatic heterocycles. The van der Waals surface area contributed by atoms with E-state index in [1.54, 1.807) is 0 Å². The molecule has 6 heteroatoms. The van der Waals surface area contributed by atoms with Gasteiger partial charge in [0.05, 0.1) is 0 Å². The highest BCUT2D eigenvalue weighted by atomic mass is 16.6. The van der Waals surface area contributed by atoms with Crippen LogP contribution in [0.15, 0.2) is 36.5 Å². The highest BCUT2D eigenvalue weighted by Crippen LogP contribution is 2.14. The second-order valence-electron chi connectivity index (χ2n) is 16.7. The number of esters is 3. The minimum atomic E-state index is -0.784. The molecule has 0 radical (unpaired) electrons. The number of carbonyl (C=O) groups excluding carboxylic acids is 3. The summed E-state index contributed by atoms with van der Waals surface area (Å²) in [5.74, 6) is -0.917. The average molecular weight is 815 g/mol. The lowest BCUT2D eigenvalue weighted by Crippen LogP contribution is -2.30. The lowest BCUT2D eigenvalue weighted by atomic mass is 10.1. The molecule has 0 aromatic rings. The summed E-state index contributed by atoms with van der Waals surface area (Å²) in [6.45, 7) is 6.57. The van der Waals surface area contributed by atoms with Gasteiger partial charge in [0.2, 0.25) is 0 Å². The fraction of sp³-hybridized carbons (Fsp3) is 0.827. The summed E-state index contributed by atoms with van der Waals surface area (Å²) in [4.78, 5) is 37.8. The number of carbonyl (C=O) groups is 3. The number of unbranched alkanes of at least 4 members (excludes halogenated alkanes) is 28. The molecule has 338 valence electrons. The van der Waals surface area contributed by atoms with Crippen LogP contribution in [0, 0.1) is 0 Å². The molecule has 0 spiro atoms. The van der Waals surface area contributed by atoms with Crippen LogP contribution in [-0.4, -0.2) is 37.2 Å². The van der Waals surface area contributed by atoms with E-state index in [9.17, 15) is 14.4 Å². The number of hydrogen-bond donors (Lipinski definition) is 0. The molecule has 1 unspecified atom stereocenters. The largest absolute Gasteiger partial charge is 0.462 e. The second kappa shape index (κ2) is 47.3. The monoisotopic (exact) mass is 815 g/mol. The Balaban J connectivity index is 4.37. The third-order valence-electron chi connectivity index (χ3n) is 10.8. The molecule has 58 heavy (non-hydrogen) atoms. The first-order valence-corrected chi connectivity index (χ1v) is 25.0. The van der Waals surface area contributed by atoms with E-state index in [2.05, 4.69) is 57.2 Å². The number of rotatable bonds is 45. The van der Waals surface area contributed by atoms with E-state index in [0.717, 1.165) is 96.3 Å². The minimum Gasteiger partial charge on any atom is -0.462 e. The highest BCUT2D eigenvalue weighted by Gasteiger charge is 2.19. The molecule has 0 saturated heterocycles. The van der Waals surface area contributed by atoms with Gasteiger partial charge in [-0.1, -0.05) is 186 Å². The van der Waals surface area contributed by atoms with Gasteiger partial charge in [0.15, 0.2) is 6.10 Å². The van der Waals surface area contributed by atoms with Crippen LogP contribution >= 0.6 is 0 Å². The lowest BCUT2D eigenvalue weighted by Gasteiger charge is -2.18. The van der Waals surface area contributed by atoms with Gasteiger partial charge in [0.25, 0.3) is 0 Å².